The molecule has 1 aliphatic rings. The number of hydrogen-bond acceptors (Lipinski definition) is 4. The Bertz CT molecular complexity index is 809. The first-order valence-corrected chi connectivity index (χ1v) is 11.9. The topological polar surface area (TPSA) is 76.0 Å². The molecule has 5 nitrogen and oxygen atoms in total. The highest BCUT2D eigenvalue weighted by Gasteiger charge is 2.28. The van der Waals surface area contributed by atoms with Crippen LogP contribution >= 0.6 is 0 Å². The quantitative estimate of drug-likeness (QED) is 0.218. The Morgan fingerprint density at radius 1 is 1.21 bits per heavy atom. The third kappa shape index (κ3) is 9.56. The minimum atomic E-state index is -0.949. The number of carbonyl (C=O) groups is 1. The van der Waals surface area contributed by atoms with Crippen molar-refractivity contribution in [3.63, 3.8) is 0 Å². The normalized spacial score (nSPS) is 21.6. The summed E-state index contributed by atoms with van der Waals surface area (Å²) in [4.78, 5) is 10.6. The molecule has 1 aliphatic carbocycles. The van der Waals surface area contributed by atoms with E-state index in [1.54, 1.807) is 0 Å². The number of carboxylic acids is 1. The van der Waals surface area contributed by atoms with E-state index in [2.05, 4.69) is 26.8 Å². The predicted octanol–water partition coefficient (Wildman–Crippen LogP) is 5.95. The second-order valence-corrected chi connectivity index (χ2v) is 9.71. The lowest BCUT2D eigenvalue weighted by molar-refractivity contribution is -0.141. The molecule has 5 heteroatoms. The average Bonchev–Trinajstić information content (AvgIpc) is 2.79. The van der Waals surface area contributed by atoms with E-state index in [1.165, 1.54) is 12.0 Å². The van der Waals surface area contributed by atoms with E-state index in [1.807, 2.05) is 54.6 Å². The zero-order chi connectivity index (χ0) is 24.2. The highest BCUT2D eigenvalue weighted by atomic mass is 16.5. The third-order valence-corrected chi connectivity index (χ3v) is 6.45. The predicted molar refractivity (Wildman–Crippen MR) is 132 cm³/mol. The maximum Gasteiger partial charge on any atom is 0.329 e. The van der Waals surface area contributed by atoms with Crippen LogP contribution in [0.5, 0.6) is 5.75 Å². The van der Waals surface area contributed by atoms with Crippen molar-refractivity contribution < 1.29 is 24.5 Å². The van der Waals surface area contributed by atoms with Gasteiger partial charge in [0.05, 0.1) is 19.3 Å². The minimum absolute atomic E-state index is 0.0651. The molecule has 0 saturated heterocycles. The number of allylic oxidation sites excluding steroid dienone is 4. The summed E-state index contributed by atoms with van der Waals surface area (Å²) in [5.41, 5.74) is 0.985. The molecule has 0 aromatic heterocycles. The summed E-state index contributed by atoms with van der Waals surface area (Å²) in [6.07, 6.45) is 15.6. The Hall–Kier alpha value is -2.37. The zero-order valence-corrected chi connectivity index (χ0v) is 20.3. The molecule has 33 heavy (non-hydrogen) atoms. The van der Waals surface area contributed by atoms with Crippen molar-refractivity contribution in [2.24, 2.45) is 10.8 Å². The van der Waals surface area contributed by atoms with E-state index in [-0.39, 0.29) is 17.4 Å². The molecule has 2 rings (SSSR count). The Balaban J connectivity index is 1.83. The molecule has 1 saturated carbocycles. The molecule has 2 atom stereocenters. The van der Waals surface area contributed by atoms with Crippen LogP contribution in [0.4, 0.5) is 0 Å². The van der Waals surface area contributed by atoms with Gasteiger partial charge in [-0.25, -0.2) is 4.79 Å². The molecule has 0 aliphatic heterocycles. The Labute approximate surface area is 198 Å². The highest BCUT2D eigenvalue weighted by Crippen LogP contribution is 2.41. The molecule has 2 N–H and O–H groups in total. The first kappa shape index (κ1) is 26.9. The van der Waals surface area contributed by atoms with E-state index < -0.39 is 12.1 Å². The monoisotopic (exact) mass is 456 g/mol. The van der Waals surface area contributed by atoms with Gasteiger partial charge in [0, 0.05) is 5.41 Å². The number of ether oxygens (including phenoxy) is 2. The van der Waals surface area contributed by atoms with Crippen LogP contribution in [0, 0.1) is 10.8 Å². The number of aliphatic carboxylic acids is 1. The number of aliphatic hydroxyl groups excluding tert-OH is 1. The van der Waals surface area contributed by atoms with Crippen LogP contribution in [0.1, 0.15) is 59.3 Å². The van der Waals surface area contributed by atoms with E-state index in [0.29, 0.717) is 13.2 Å². The number of para-hydroxylation sites is 1. The maximum atomic E-state index is 10.7. The number of carboxylic acid groups (broad SMARTS) is 1. The molecule has 1 fully saturated rings. The van der Waals surface area contributed by atoms with Crippen molar-refractivity contribution in [3.8, 4) is 5.75 Å². The standard InChI is InChI=1S/C28H40O5/c1-27(2,17-11-20-33-24-13-5-4-6-14-24)25(29)15-8-10-19-28(3)18-9-7-12-23(28)16-21-32-22-26(30)31/h4-6,8,10,13-16,19,25,29H,7,9,11-12,17-18,20-22H2,1-3H3,(H,30,31)/t25-,28-/m0/s1. The van der Waals surface area contributed by atoms with Gasteiger partial charge in [-0.1, -0.05) is 81.3 Å². The summed E-state index contributed by atoms with van der Waals surface area (Å²) in [5, 5.41) is 19.4. The van der Waals surface area contributed by atoms with Crippen molar-refractivity contribution in [3.05, 3.63) is 66.3 Å². The smallest absolute Gasteiger partial charge is 0.329 e. The highest BCUT2D eigenvalue weighted by molar-refractivity contribution is 5.68. The minimum Gasteiger partial charge on any atom is -0.494 e. The lowest BCUT2D eigenvalue weighted by Gasteiger charge is -2.34. The second kappa shape index (κ2) is 13.4. The average molecular weight is 457 g/mol. The van der Waals surface area contributed by atoms with Crippen LogP contribution in [0.2, 0.25) is 0 Å². The molecule has 0 spiro atoms. The fourth-order valence-electron chi connectivity index (χ4n) is 4.17. The van der Waals surface area contributed by atoms with E-state index >= 15 is 0 Å². The van der Waals surface area contributed by atoms with Crippen LogP contribution in [0.25, 0.3) is 0 Å². The zero-order valence-electron chi connectivity index (χ0n) is 20.3. The van der Waals surface area contributed by atoms with Gasteiger partial charge in [0.25, 0.3) is 0 Å². The Morgan fingerprint density at radius 2 is 1.97 bits per heavy atom. The van der Waals surface area contributed by atoms with E-state index in [0.717, 1.165) is 37.9 Å². The van der Waals surface area contributed by atoms with Crippen LogP contribution < -0.4 is 4.74 Å². The SMILES string of the molecule is CC(C)(CCCOc1ccccc1)[C@@H](O)C=CC=C[C@]1(C)CCCCC1=CCOCC(=O)O. The molecule has 182 valence electrons. The number of hydrogen-bond donors (Lipinski definition) is 2. The molecular formula is C28H40O5. The van der Waals surface area contributed by atoms with E-state index in [9.17, 15) is 9.90 Å². The number of aliphatic hydroxyl groups is 1. The summed E-state index contributed by atoms with van der Waals surface area (Å²) in [7, 11) is 0. The van der Waals surface area contributed by atoms with Crippen LogP contribution in [0.15, 0.2) is 66.3 Å². The summed E-state index contributed by atoms with van der Waals surface area (Å²) >= 11 is 0. The van der Waals surface area contributed by atoms with Crippen LogP contribution in [-0.2, 0) is 9.53 Å². The summed E-state index contributed by atoms with van der Waals surface area (Å²) < 4.78 is 11.0. The van der Waals surface area contributed by atoms with Crippen LogP contribution in [0.3, 0.4) is 0 Å². The molecule has 0 radical (unpaired) electrons. The Morgan fingerprint density at radius 3 is 2.70 bits per heavy atom. The third-order valence-electron chi connectivity index (χ3n) is 6.45. The maximum absolute atomic E-state index is 10.7. The Kier molecular flexibility index (Phi) is 10.9. The van der Waals surface area contributed by atoms with Crippen molar-refractivity contribution in [1.29, 1.82) is 0 Å². The first-order valence-electron chi connectivity index (χ1n) is 11.9. The lowest BCUT2D eigenvalue weighted by Crippen LogP contribution is -2.28. The summed E-state index contributed by atoms with van der Waals surface area (Å²) in [6.45, 7) is 7.05. The number of rotatable bonds is 13. The van der Waals surface area contributed by atoms with Crippen LogP contribution in [-0.4, -0.2) is 42.1 Å². The number of benzene rings is 1. The van der Waals surface area contributed by atoms with Gasteiger partial charge in [-0.15, -0.1) is 0 Å². The van der Waals surface area contributed by atoms with Crippen molar-refractivity contribution in [2.45, 2.75) is 65.4 Å². The lowest BCUT2D eigenvalue weighted by atomic mass is 9.71. The largest absolute Gasteiger partial charge is 0.494 e. The van der Waals surface area contributed by atoms with Gasteiger partial charge >= 0.3 is 5.97 Å². The first-order chi connectivity index (χ1) is 15.7. The second-order valence-electron chi connectivity index (χ2n) is 9.71. The molecule has 0 bridgehead atoms. The molecule has 1 aromatic carbocycles. The molecule has 1 aromatic rings. The summed E-state index contributed by atoms with van der Waals surface area (Å²) in [6, 6.07) is 9.79. The fraction of sp³-hybridized carbons (Fsp3) is 0.536. The van der Waals surface area contributed by atoms with Gasteiger partial charge in [-0.2, -0.15) is 0 Å². The van der Waals surface area contributed by atoms with Crippen molar-refractivity contribution >= 4 is 5.97 Å². The molecule has 0 unspecified atom stereocenters. The fourth-order valence-corrected chi connectivity index (χ4v) is 4.17. The molecule has 0 heterocycles. The van der Waals surface area contributed by atoms with Gasteiger partial charge in [-0.3, -0.25) is 0 Å². The van der Waals surface area contributed by atoms with Gasteiger partial charge in [0.1, 0.15) is 12.4 Å². The molecule has 0 amide bonds. The van der Waals surface area contributed by atoms with Gasteiger partial charge in [0.15, 0.2) is 0 Å². The van der Waals surface area contributed by atoms with Crippen molar-refractivity contribution in [2.75, 3.05) is 19.8 Å². The van der Waals surface area contributed by atoms with Crippen molar-refractivity contribution in [1.82, 2.24) is 0 Å². The van der Waals surface area contributed by atoms with Gasteiger partial charge in [0.2, 0.25) is 0 Å². The molecular weight excluding hydrogens is 416 g/mol. The van der Waals surface area contributed by atoms with Gasteiger partial charge < -0.3 is 19.7 Å². The van der Waals surface area contributed by atoms with Gasteiger partial charge in [-0.05, 0) is 49.7 Å². The summed E-state index contributed by atoms with van der Waals surface area (Å²) in [5.74, 6) is -0.0750. The van der Waals surface area contributed by atoms with E-state index in [4.69, 9.17) is 14.6 Å².